The standard InChI is InChI=1S/C14H25BrN4S/c1-3-19-13(14(15)10(2)18-19)8-11(17-16)9-20-12-6-4-5-7-12/h11-12,17H,3-9,16H2,1-2H3. The van der Waals surface area contributed by atoms with Crippen molar-refractivity contribution >= 4 is 27.7 Å². The minimum atomic E-state index is 0.304. The van der Waals surface area contributed by atoms with Gasteiger partial charge in [0, 0.05) is 30.0 Å². The van der Waals surface area contributed by atoms with E-state index in [0.717, 1.165) is 34.1 Å². The number of hydrogen-bond donors (Lipinski definition) is 2. The van der Waals surface area contributed by atoms with E-state index in [9.17, 15) is 0 Å². The summed E-state index contributed by atoms with van der Waals surface area (Å²) in [5, 5.41) is 5.39. The van der Waals surface area contributed by atoms with Crippen LogP contribution in [0.25, 0.3) is 0 Å². The summed E-state index contributed by atoms with van der Waals surface area (Å²) >= 11 is 5.73. The number of halogens is 1. The lowest BCUT2D eigenvalue weighted by atomic mass is 10.2. The van der Waals surface area contributed by atoms with Crippen molar-refractivity contribution in [2.45, 2.75) is 63.8 Å². The number of hydrogen-bond acceptors (Lipinski definition) is 4. The quantitative estimate of drug-likeness (QED) is 0.579. The molecule has 1 aliphatic carbocycles. The lowest BCUT2D eigenvalue weighted by Gasteiger charge is -2.18. The molecule has 1 aromatic rings. The lowest BCUT2D eigenvalue weighted by Crippen LogP contribution is -2.39. The van der Waals surface area contributed by atoms with Gasteiger partial charge >= 0.3 is 0 Å². The first kappa shape index (κ1) is 16.3. The molecule has 114 valence electrons. The minimum Gasteiger partial charge on any atom is -0.271 e. The second kappa shape index (κ2) is 7.82. The Bertz CT molecular complexity index is 429. The highest BCUT2D eigenvalue weighted by Gasteiger charge is 2.20. The molecule has 0 bridgehead atoms. The van der Waals surface area contributed by atoms with Crippen molar-refractivity contribution in [2.75, 3.05) is 5.75 Å². The molecule has 0 aromatic carbocycles. The fourth-order valence-corrected chi connectivity index (χ4v) is 4.60. The molecule has 20 heavy (non-hydrogen) atoms. The van der Waals surface area contributed by atoms with Gasteiger partial charge in [-0.25, -0.2) is 0 Å². The third-order valence-electron chi connectivity index (χ3n) is 3.96. The molecule has 0 radical (unpaired) electrons. The number of aromatic nitrogens is 2. The van der Waals surface area contributed by atoms with Crippen LogP contribution >= 0.6 is 27.7 Å². The van der Waals surface area contributed by atoms with Crippen molar-refractivity contribution in [1.82, 2.24) is 15.2 Å². The van der Waals surface area contributed by atoms with E-state index in [4.69, 9.17) is 5.84 Å². The zero-order chi connectivity index (χ0) is 14.5. The summed E-state index contributed by atoms with van der Waals surface area (Å²) in [6.45, 7) is 5.06. The molecule has 4 nitrogen and oxygen atoms in total. The molecule has 0 aliphatic heterocycles. The summed E-state index contributed by atoms with van der Waals surface area (Å²) in [5.74, 6) is 6.82. The fourth-order valence-electron chi connectivity index (χ4n) is 2.77. The van der Waals surface area contributed by atoms with Gasteiger partial charge in [0.15, 0.2) is 0 Å². The van der Waals surface area contributed by atoms with Crippen molar-refractivity contribution in [3.8, 4) is 0 Å². The molecule has 1 unspecified atom stereocenters. The number of rotatable bonds is 7. The van der Waals surface area contributed by atoms with Crippen LogP contribution in [0.15, 0.2) is 4.47 Å². The van der Waals surface area contributed by atoms with Gasteiger partial charge < -0.3 is 0 Å². The zero-order valence-electron chi connectivity index (χ0n) is 12.4. The van der Waals surface area contributed by atoms with Crippen LogP contribution in [0.3, 0.4) is 0 Å². The molecule has 1 saturated carbocycles. The second-order valence-electron chi connectivity index (χ2n) is 5.47. The Morgan fingerprint density at radius 3 is 2.80 bits per heavy atom. The molecule has 1 fully saturated rings. The van der Waals surface area contributed by atoms with E-state index in [-0.39, 0.29) is 0 Å². The van der Waals surface area contributed by atoms with E-state index in [0.29, 0.717) is 6.04 Å². The van der Waals surface area contributed by atoms with E-state index in [1.54, 1.807) is 0 Å². The van der Waals surface area contributed by atoms with Crippen LogP contribution in [0, 0.1) is 6.92 Å². The molecule has 1 aliphatic rings. The Balaban J connectivity index is 1.95. The third-order valence-corrected chi connectivity index (χ3v) is 6.53. The van der Waals surface area contributed by atoms with Crippen LogP contribution in [0.4, 0.5) is 0 Å². The highest BCUT2D eigenvalue weighted by Crippen LogP contribution is 2.30. The van der Waals surface area contributed by atoms with Gasteiger partial charge in [0.25, 0.3) is 0 Å². The number of nitrogens with one attached hydrogen (secondary N) is 1. The van der Waals surface area contributed by atoms with Crippen molar-refractivity contribution < 1.29 is 0 Å². The summed E-state index contributed by atoms with van der Waals surface area (Å²) in [6, 6.07) is 0.304. The fraction of sp³-hybridized carbons (Fsp3) is 0.786. The van der Waals surface area contributed by atoms with Crippen LogP contribution < -0.4 is 11.3 Å². The predicted octanol–water partition coefficient (Wildman–Crippen LogP) is 3.02. The van der Waals surface area contributed by atoms with Crippen molar-refractivity contribution in [1.29, 1.82) is 0 Å². The van der Waals surface area contributed by atoms with Gasteiger partial charge in [-0.3, -0.25) is 16.0 Å². The Morgan fingerprint density at radius 2 is 2.20 bits per heavy atom. The van der Waals surface area contributed by atoms with Crippen LogP contribution in [0.5, 0.6) is 0 Å². The SMILES string of the molecule is CCn1nc(C)c(Br)c1CC(CSC1CCCC1)NN. The van der Waals surface area contributed by atoms with Gasteiger partial charge in [0.2, 0.25) is 0 Å². The highest BCUT2D eigenvalue weighted by atomic mass is 79.9. The van der Waals surface area contributed by atoms with Gasteiger partial charge in [0.05, 0.1) is 15.9 Å². The maximum Gasteiger partial charge on any atom is 0.0738 e. The van der Waals surface area contributed by atoms with Gasteiger partial charge in [-0.05, 0) is 42.6 Å². The van der Waals surface area contributed by atoms with Gasteiger partial charge in [-0.15, -0.1) is 0 Å². The molecule has 2 rings (SSSR count). The summed E-state index contributed by atoms with van der Waals surface area (Å²) in [4.78, 5) is 0. The van der Waals surface area contributed by atoms with Crippen molar-refractivity contribution in [3.63, 3.8) is 0 Å². The molecule has 0 spiro atoms. The number of hydrazine groups is 1. The topological polar surface area (TPSA) is 55.9 Å². The number of aryl methyl sites for hydroxylation is 2. The molecule has 0 amide bonds. The molecule has 3 N–H and O–H groups in total. The largest absolute Gasteiger partial charge is 0.271 e. The predicted molar refractivity (Wildman–Crippen MR) is 89.9 cm³/mol. The monoisotopic (exact) mass is 360 g/mol. The van der Waals surface area contributed by atoms with Gasteiger partial charge in [-0.1, -0.05) is 12.8 Å². The number of nitrogens with two attached hydrogens (primary N) is 1. The number of nitrogens with zero attached hydrogens (tertiary/aromatic N) is 2. The average Bonchev–Trinajstić information content (AvgIpc) is 3.06. The summed E-state index contributed by atoms with van der Waals surface area (Å²) in [6.07, 6.45) is 6.46. The Morgan fingerprint density at radius 1 is 1.50 bits per heavy atom. The smallest absolute Gasteiger partial charge is 0.0738 e. The van der Waals surface area contributed by atoms with Crippen LogP contribution in [-0.4, -0.2) is 26.8 Å². The summed E-state index contributed by atoms with van der Waals surface area (Å²) in [7, 11) is 0. The Kier molecular flexibility index (Phi) is 6.39. The molecular weight excluding hydrogens is 336 g/mol. The summed E-state index contributed by atoms with van der Waals surface area (Å²) < 4.78 is 3.20. The van der Waals surface area contributed by atoms with Gasteiger partial charge in [-0.2, -0.15) is 16.9 Å². The number of thioether (sulfide) groups is 1. The maximum atomic E-state index is 5.75. The molecule has 6 heteroatoms. The van der Waals surface area contributed by atoms with Crippen LogP contribution in [0.2, 0.25) is 0 Å². The Labute approximate surface area is 134 Å². The van der Waals surface area contributed by atoms with Crippen molar-refractivity contribution in [3.05, 3.63) is 15.9 Å². The maximum absolute atomic E-state index is 5.75. The molecule has 1 atom stereocenters. The van der Waals surface area contributed by atoms with E-state index < -0.39 is 0 Å². The second-order valence-corrected chi connectivity index (χ2v) is 7.60. The van der Waals surface area contributed by atoms with E-state index in [2.05, 4.69) is 49.8 Å². The zero-order valence-corrected chi connectivity index (χ0v) is 14.8. The van der Waals surface area contributed by atoms with E-state index >= 15 is 0 Å². The van der Waals surface area contributed by atoms with Crippen molar-refractivity contribution in [2.24, 2.45) is 5.84 Å². The highest BCUT2D eigenvalue weighted by molar-refractivity contribution is 9.10. The van der Waals surface area contributed by atoms with E-state index in [1.165, 1.54) is 31.4 Å². The van der Waals surface area contributed by atoms with Crippen LogP contribution in [0.1, 0.15) is 44.0 Å². The molecule has 0 saturated heterocycles. The lowest BCUT2D eigenvalue weighted by molar-refractivity contribution is 0.533. The summed E-state index contributed by atoms with van der Waals surface area (Å²) in [5.41, 5.74) is 5.29. The average molecular weight is 361 g/mol. The minimum absolute atomic E-state index is 0.304. The molecule has 1 aromatic heterocycles. The first-order valence-corrected chi connectivity index (χ1v) is 9.29. The van der Waals surface area contributed by atoms with E-state index in [1.807, 2.05) is 6.92 Å². The van der Waals surface area contributed by atoms with Gasteiger partial charge in [0.1, 0.15) is 0 Å². The Hall–Kier alpha value is -0.0400. The first-order chi connectivity index (χ1) is 9.65. The van der Waals surface area contributed by atoms with Crippen LogP contribution in [-0.2, 0) is 13.0 Å². The first-order valence-electron chi connectivity index (χ1n) is 7.45. The normalized spacial score (nSPS) is 17.8. The molecule has 1 heterocycles. The molecular formula is C14H25BrN4S. The third kappa shape index (κ3) is 4.00.